The molecule has 0 spiro atoms. The SMILES string of the molecule is C=CCC(N)C(=O)c1occc1Br. The average molecular weight is 244 g/mol. The molecular weight excluding hydrogens is 234 g/mol. The minimum atomic E-state index is -0.569. The predicted octanol–water partition coefficient (Wildman–Crippen LogP) is 2.13. The summed E-state index contributed by atoms with van der Waals surface area (Å²) in [5.41, 5.74) is 5.59. The highest BCUT2D eigenvalue weighted by molar-refractivity contribution is 9.10. The zero-order chi connectivity index (χ0) is 9.84. The number of halogens is 1. The lowest BCUT2D eigenvalue weighted by molar-refractivity contribution is 0.0933. The van der Waals surface area contributed by atoms with Crippen molar-refractivity contribution >= 4 is 21.7 Å². The lowest BCUT2D eigenvalue weighted by Crippen LogP contribution is -2.29. The monoisotopic (exact) mass is 243 g/mol. The summed E-state index contributed by atoms with van der Waals surface area (Å²) in [6.45, 7) is 3.51. The smallest absolute Gasteiger partial charge is 0.216 e. The number of carbonyl (C=O) groups is 1. The van der Waals surface area contributed by atoms with Crippen LogP contribution in [0.5, 0.6) is 0 Å². The van der Waals surface area contributed by atoms with Crippen LogP contribution >= 0.6 is 15.9 Å². The summed E-state index contributed by atoms with van der Waals surface area (Å²) in [6, 6.07) is 1.09. The molecule has 0 radical (unpaired) electrons. The van der Waals surface area contributed by atoms with Crippen molar-refractivity contribution in [3.63, 3.8) is 0 Å². The molecule has 0 aliphatic rings. The molecule has 1 atom stereocenters. The van der Waals surface area contributed by atoms with E-state index in [0.717, 1.165) is 0 Å². The second kappa shape index (κ2) is 4.39. The van der Waals surface area contributed by atoms with Crippen LogP contribution in [0.15, 0.2) is 33.9 Å². The van der Waals surface area contributed by atoms with Gasteiger partial charge < -0.3 is 10.2 Å². The maximum atomic E-state index is 11.5. The molecule has 0 saturated carbocycles. The van der Waals surface area contributed by atoms with Crippen LogP contribution in [0.2, 0.25) is 0 Å². The molecule has 1 aromatic rings. The Morgan fingerprint density at radius 2 is 2.54 bits per heavy atom. The molecule has 1 unspecified atom stereocenters. The minimum absolute atomic E-state index is 0.211. The molecule has 70 valence electrons. The first kappa shape index (κ1) is 10.2. The van der Waals surface area contributed by atoms with E-state index in [9.17, 15) is 4.79 Å². The van der Waals surface area contributed by atoms with E-state index in [1.165, 1.54) is 6.26 Å². The van der Waals surface area contributed by atoms with E-state index in [4.69, 9.17) is 10.2 Å². The quantitative estimate of drug-likeness (QED) is 0.652. The predicted molar refractivity (Wildman–Crippen MR) is 53.5 cm³/mol. The van der Waals surface area contributed by atoms with E-state index < -0.39 is 6.04 Å². The third kappa shape index (κ3) is 2.29. The number of hydrogen-bond acceptors (Lipinski definition) is 3. The Balaban J connectivity index is 2.79. The molecule has 1 rings (SSSR count). The number of hydrogen-bond donors (Lipinski definition) is 1. The summed E-state index contributed by atoms with van der Waals surface area (Å²) in [4.78, 5) is 11.5. The van der Waals surface area contributed by atoms with Crippen LogP contribution in [0.25, 0.3) is 0 Å². The molecule has 1 aromatic heterocycles. The summed E-state index contributed by atoms with van der Waals surface area (Å²) < 4.78 is 5.62. The van der Waals surface area contributed by atoms with Gasteiger partial charge in [0, 0.05) is 0 Å². The van der Waals surface area contributed by atoms with Crippen LogP contribution in [0, 0.1) is 0 Å². The highest BCUT2D eigenvalue weighted by Crippen LogP contribution is 2.19. The second-order valence-electron chi connectivity index (χ2n) is 2.59. The maximum absolute atomic E-state index is 11.5. The molecule has 3 nitrogen and oxygen atoms in total. The van der Waals surface area contributed by atoms with Crippen LogP contribution in [-0.2, 0) is 0 Å². The fraction of sp³-hybridized carbons (Fsp3) is 0.222. The summed E-state index contributed by atoms with van der Waals surface area (Å²) in [5.74, 6) is 0.0612. The first-order valence-electron chi connectivity index (χ1n) is 3.80. The van der Waals surface area contributed by atoms with Gasteiger partial charge in [0.25, 0.3) is 0 Å². The number of rotatable bonds is 4. The summed E-state index contributed by atoms with van der Waals surface area (Å²) in [5, 5.41) is 0. The third-order valence-electron chi connectivity index (χ3n) is 1.60. The molecule has 13 heavy (non-hydrogen) atoms. The van der Waals surface area contributed by atoms with E-state index in [-0.39, 0.29) is 11.5 Å². The lowest BCUT2D eigenvalue weighted by Gasteiger charge is -2.04. The average Bonchev–Trinajstić information content (AvgIpc) is 2.50. The Morgan fingerprint density at radius 3 is 3.00 bits per heavy atom. The number of carbonyl (C=O) groups excluding carboxylic acids is 1. The fourth-order valence-corrected chi connectivity index (χ4v) is 1.32. The van der Waals surface area contributed by atoms with Crippen molar-refractivity contribution in [3.8, 4) is 0 Å². The largest absolute Gasteiger partial charge is 0.460 e. The lowest BCUT2D eigenvalue weighted by atomic mass is 10.1. The van der Waals surface area contributed by atoms with E-state index in [0.29, 0.717) is 10.9 Å². The second-order valence-corrected chi connectivity index (χ2v) is 3.45. The molecule has 1 heterocycles. The van der Waals surface area contributed by atoms with Crippen molar-refractivity contribution < 1.29 is 9.21 Å². The first-order chi connectivity index (χ1) is 6.16. The Hall–Kier alpha value is -0.870. The van der Waals surface area contributed by atoms with Gasteiger partial charge in [0.2, 0.25) is 5.78 Å². The molecule has 0 aliphatic heterocycles. The number of ketones is 1. The normalized spacial score (nSPS) is 12.5. The molecule has 0 aromatic carbocycles. The van der Waals surface area contributed by atoms with E-state index in [2.05, 4.69) is 22.5 Å². The van der Waals surface area contributed by atoms with Gasteiger partial charge in [0.1, 0.15) is 0 Å². The van der Waals surface area contributed by atoms with Gasteiger partial charge in [0.05, 0.1) is 16.8 Å². The Morgan fingerprint density at radius 1 is 1.85 bits per heavy atom. The van der Waals surface area contributed by atoms with Crippen molar-refractivity contribution in [1.29, 1.82) is 0 Å². The molecule has 2 N–H and O–H groups in total. The van der Waals surface area contributed by atoms with Crippen LogP contribution in [0.4, 0.5) is 0 Å². The van der Waals surface area contributed by atoms with Gasteiger partial charge in [-0.2, -0.15) is 0 Å². The fourth-order valence-electron chi connectivity index (χ4n) is 0.925. The molecule has 0 amide bonds. The van der Waals surface area contributed by atoms with Gasteiger partial charge in [-0.25, -0.2) is 0 Å². The van der Waals surface area contributed by atoms with Gasteiger partial charge in [-0.3, -0.25) is 4.79 Å². The van der Waals surface area contributed by atoms with Crippen LogP contribution in [0.3, 0.4) is 0 Å². The zero-order valence-corrected chi connectivity index (χ0v) is 8.58. The Bertz CT molecular complexity index is 319. The van der Waals surface area contributed by atoms with Gasteiger partial charge in [-0.15, -0.1) is 6.58 Å². The van der Waals surface area contributed by atoms with Crippen molar-refractivity contribution in [2.45, 2.75) is 12.5 Å². The van der Waals surface area contributed by atoms with Crippen LogP contribution in [-0.4, -0.2) is 11.8 Å². The van der Waals surface area contributed by atoms with Crippen molar-refractivity contribution in [2.75, 3.05) is 0 Å². The van der Waals surface area contributed by atoms with Crippen LogP contribution in [0.1, 0.15) is 17.0 Å². The number of nitrogens with two attached hydrogens (primary N) is 1. The zero-order valence-electron chi connectivity index (χ0n) is 7.00. The van der Waals surface area contributed by atoms with Crippen LogP contribution < -0.4 is 5.73 Å². The number of Topliss-reactive ketones (excluding diaryl/α,β-unsaturated/α-hetero) is 1. The van der Waals surface area contributed by atoms with E-state index in [1.54, 1.807) is 12.1 Å². The molecule has 0 bridgehead atoms. The van der Waals surface area contributed by atoms with Gasteiger partial charge in [-0.05, 0) is 28.4 Å². The van der Waals surface area contributed by atoms with Gasteiger partial charge in [0.15, 0.2) is 5.76 Å². The molecule has 4 heteroatoms. The van der Waals surface area contributed by atoms with E-state index in [1.807, 2.05) is 0 Å². The van der Waals surface area contributed by atoms with Gasteiger partial charge >= 0.3 is 0 Å². The highest BCUT2D eigenvalue weighted by Gasteiger charge is 2.19. The molecule has 0 saturated heterocycles. The number of furan rings is 1. The van der Waals surface area contributed by atoms with Crippen molar-refractivity contribution in [2.24, 2.45) is 5.73 Å². The van der Waals surface area contributed by atoms with Crippen molar-refractivity contribution in [1.82, 2.24) is 0 Å². The summed E-state index contributed by atoms with van der Waals surface area (Å²) >= 11 is 3.19. The maximum Gasteiger partial charge on any atom is 0.216 e. The van der Waals surface area contributed by atoms with Gasteiger partial charge in [-0.1, -0.05) is 6.08 Å². The van der Waals surface area contributed by atoms with E-state index >= 15 is 0 Å². The summed E-state index contributed by atoms with van der Waals surface area (Å²) in [6.07, 6.45) is 3.50. The standard InChI is InChI=1S/C9H10BrNO2/c1-2-3-7(11)8(12)9-6(10)4-5-13-9/h2,4-5,7H,1,3,11H2. The topological polar surface area (TPSA) is 56.2 Å². The minimum Gasteiger partial charge on any atom is -0.460 e. The summed E-state index contributed by atoms with van der Waals surface area (Å²) in [7, 11) is 0. The molecule has 0 fully saturated rings. The molecular formula is C9H10BrNO2. The molecule has 0 aliphatic carbocycles. The van der Waals surface area contributed by atoms with Crippen molar-refractivity contribution in [3.05, 3.63) is 35.2 Å². The Kier molecular flexibility index (Phi) is 3.45. The first-order valence-corrected chi connectivity index (χ1v) is 4.59. The third-order valence-corrected chi connectivity index (χ3v) is 2.22. The Labute approximate surface area is 84.7 Å². The highest BCUT2D eigenvalue weighted by atomic mass is 79.9.